The van der Waals surface area contributed by atoms with Crippen LogP contribution in [0.1, 0.15) is 277 Å². The van der Waals surface area contributed by atoms with Gasteiger partial charge in [0.25, 0.3) is 0 Å². The summed E-state index contributed by atoms with van der Waals surface area (Å²) in [4.78, 5) is 24.5. The number of aliphatic hydroxyl groups excluding tert-OH is 2. The zero-order valence-corrected chi connectivity index (χ0v) is 41.8. The van der Waals surface area contributed by atoms with Crippen LogP contribution in [0.3, 0.4) is 0 Å². The number of carbonyl (C=O) groups is 2. The average Bonchev–Trinajstić information content (AvgIpc) is 3.28. The summed E-state index contributed by atoms with van der Waals surface area (Å²) in [5.41, 5.74) is 0. The van der Waals surface area contributed by atoms with Crippen LogP contribution in [0.15, 0.2) is 48.6 Å². The van der Waals surface area contributed by atoms with Gasteiger partial charge in [-0.05, 0) is 83.5 Å². The van der Waals surface area contributed by atoms with Gasteiger partial charge in [-0.1, -0.05) is 229 Å². The molecule has 0 aromatic carbocycles. The number of aliphatic hydroxyl groups is 2. The van der Waals surface area contributed by atoms with Gasteiger partial charge in [0.1, 0.15) is 0 Å². The fourth-order valence-electron chi connectivity index (χ4n) is 8.08. The number of hydrogen-bond donors (Lipinski definition) is 3. The minimum absolute atomic E-state index is 0.0271. The number of rotatable bonds is 50. The molecule has 0 radical (unpaired) electrons. The number of ether oxygens (including phenoxy) is 1. The number of esters is 1. The monoisotopic (exact) mass is 884 g/mol. The van der Waals surface area contributed by atoms with E-state index in [0.717, 1.165) is 83.5 Å². The van der Waals surface area contributed by atoms with Crippen LogP contribution in [0.2, 0.25) is 0 Å². The molecular formula is C57H105NO5. The van der Waals surface area contributed by atoms with Crippen LogP contribution < -0.4 is 5.32 Å². The Bertz CT molecular complexity index is 1070. The van der Waals surface area contributed by atoms with Crippen LogP contribution in [0.5, 0.6) is 0 Å². The van der Waals surface area contributed by atoms with Gasteiger partial charge in [-0.3, -0.25) is 9.59 Å². The highest BCUT2D eigenvalue weighted by atomic mass is 16.5. The highest BCUT2D eigenvalue weighted by Crippen LogP contribution is 2.16. The van der Waals surface area contributed by atoms with Gasteiger partial charge in [-0.15, -0.1) is 0 Å². The molecule has 0 aliphatic rings. The summed E-state index contributed by atoms with van der Waals surface area (Å²) in [7, 11) is 0. The van der Waals surface area contributed by atoms with Gasteiger partial charge in [0.2, 0.25) is 5.91 Å². The summed E-state index contributed by atoms with van der Waals surface area (Å²) in [6.07, 6.45) is 65.4. The molecule has 0 rings (SSSR count). The average molecular weight is 884 g/mol. The first kappa shape index (κ1) is 60.8. The number of carbonyl (C=O) groups excluding carboxylic acids is 2. The Kier molecular flexibility index (Phi) is 50.6. The van der Waals surface area contributed by atoms with Crippen LogP contribution in [0.25, 0.3) is 0 Å². The highest BCUT2D eigenvalue weighted by molar-refractivity contribution is 5.76. The van der Waals surface area contributed by atoms with E-state index >= 15 is 0 Å². The Morgan fingerprint density at radius 3 is 1.29 bits per heavy atom. The fraction of sp³-hybridized carbons (Fsp3) is 0.825. The molecule has 0 heterocycles. The Balaban J connectivity index is 3.53. The second-order valence-electron chi connectivity index (χ2n) is 18.5. The Labute approximate surface area is 391 Å². The van der Waals surface area contributed by atoms with Gasteiger partial charge in [-0.2, -0.15) is 0 Å². The van der Waals surface area contributed by atoms with Crippen molar-refractivity contribution in [1.29, 1.82) is 0 Å². The maximum atomic E-state index is 12.5. The number of amides is 1. The maximum absolute atomic E-state index is 12.5. The van der Waals surface area contributed by atoms with E-state index in [2.05, 4.69) is 55.6 Å². The molecule has 0 aliphatic carbocycles. The topological polar surface area (TPSA) is 95.9 Å². The summed E-state index contributed by atoms with van der Waals surface area (Å²) in [6.45, 7) is 4.80. The molecule has 0 saturated carbocycles. The molecule has 0 saturated heterocycles. The molecule has 1 amide bonds. The van der Waals surface area contributed by atoms with Crippen molar-refractivity contribution in [2.75, 3.05) is 13.2 Å². The van der Waals surface area contributed by atoms with E-state index in [1.54, 1.807) is 6.08 Å². The minimum Gasteiger partial charge on any atom is -0.466 e. The van der Waals surface area contributed by atoms with E-state index in [-0.39, 0.29) is 18.5 Å². The molecule has 6 heteroatoms. The molecule has 0 aliphatic heterocycles. The van der Waals surface area contributed by atoms with Crippen molar-refractivity contribution in [3.8, 4) is 0 Å². The zero-order valence-electron chi connectivity index (χ0n) is 41.8. The van der Waals surface area contributed by atoms with Crippen molar-refractivity contribution in [2.24, 2.45) is 0 Å². The molecule has 3 N–H and O–H groups in total. The predicted octanol–water partition coefficient (Wildman–Crippen LogP) is 16.6. The standard InChI is InChI=1S/C57H105NO5/c1-3-5-7-9-11-13-15-17-18-19-20-22-26-29-33-37-41-45-49-55(60)54(53-59)58-56(61)50-46-42-38-34-30-27-23-21-24-28-32-36-40-44-48-52-63-57(62)51-47-43-39-35-31-25-16-14-12-10-8-6-4-2/h8,10,14,16,24,28,45,49,54-55,59-60H,3-7,9,11-13,15,17-23,25-27,29-44,46-48,50-53H2,1-2H3,(H,58,61)/b10-8-,16-14-,28-24-,49-45+. The Morgan fingerprint density at radius 2 is 0.825 bits per heavy atom. The summed E-state index contributed by atoms with van der Waals surface area (Å²) in [6, 6.07) is -0.641. The summed E-state index contributed by atoms with van der Waals surface area (Å²) < 4.78 is 5.44. The minimum atomic E-state index is -0.856. The summed E-state index contributed by atoms with van der Waals surface area (Å²) in [5, 5.41) is 23.1. The molecule has 0 fully saturated rings. The number of nitrogens with one attached hydrogen (secondary N) is 1. The first-order valence-electron chi connectivity index (χ1n) is 27.4. The first-order chi connectivity index (χ1) is 31.0. The van der Waals surface area contributed by atoms with Crippen LogP contribution >= 0.6 is 0 Å². The molecule has 0 aromatic heterocycles. The van der Waals surface area contributed by atoms with E-state index in [0.29, 0.717) is 19.4 Å². The number of allylic oxidation sites excluding steroid dienone is 7. The van der Waals surface area contributed by atoms with E-state index in [1.165, 1.54) is 167 Å². The second-order valence-corrected chi connectivity index (χ2v) is 18.5. The van der Waals surface area contributed by atoms with Gasteiger partial charge in [0, 0.05) is 12.8 Å². The van der Waals surface area contributed by atoms with Crippen molar-refractivity contribution >= 4 is 11.9 Å². The third-order valence-corrected chi connectivity index (χ3v) is 12.3. The predicted molar refractivity (Wildman–Crippen MR) is 273 cm³/mol. The number of unbranched alkanes of at least 4 members (excludes halogenated alkanes) is 33. The lowest BCUT2D eigenvalue weighted by atomic mass is 10.0. The van der Waals surface area contributed by atoms with Gasteiger partial charge in [-0.25, -0.2) is 0 Å². The molecule has 0 aromatic rings. The van der Waals surface area contributed by atoms with Crippen LogP contribution in [-0.4, -0.2) is 47.4 Å². The maximum Gasteiger partial charge on any atom is 0.305 e. The lowest BCUT2D eigenvalue weighted by Gasteiger charge is -2.20. The molecule has 0 spiro atoms. The van der Waals surface area contributed by atoms with Gasteiger partial charge >= 0.3 is 5.97 Å². The quantitative estimate of drug-likeness (QED) is 0.0321. The molecule has 6 nitrogen and oxygen atoms in total. The Morgan fingerprint density at radius 1 is 0.444 bits per heavy atom. The summed E-state index contributed by atoms with van der Waals surface area (Å²) >= 11 is 0. The lowest BCUT2D eigenvalue weighted by Crippen LogP contribution is -2.45. The van der Waals surface area contributed by atoms with E-state index in [9.17, 15) is 19.8 Å². The number of hydrogen-bond acceptors (Lipinski definition) is 5. The van der Waals surface area contributed by atoms with E-state index in [1.807, 2.05) is 6.08 Å². The summed E-state index contributed by atoms with van der Waals surface area (Å²) in [5.74, 6) is -0.111. The molecule has 2 atom stereocenters. The SMILES string of the molecule is CCC/C=C\C/C=C\CCCCCCCC(=O)OCCCCCC/C=C\CCCCCCCCCC(=O)NC(CO)C(O)/C=C/CCCCCCCCCCCCCCCCCC. The first-order valence-corrected chi connectivity index (χ1v) is 27.4. The van der Waals surface area contributed by atoms with Crippen molar-refractivity contribution < 1.29 is 24.5 Å². The Hall–Kier alpha value is -2.18. The van der Waals surface area contributed by atoms with Crippen LogP contribution in [-0.2, 0) is 14.3 Å². The zero-order chi connectivity index (χ0) is 45.8. The molecule has 368 valence electrons. The van der Waals surface area contributed by atoms with Crippen LogP contribution in [0.4, 0.5) is 0 Å². The van der Waals surface area contributed by atoms with Gasteiger partial charge in [0.05, 0.1) is 25.4 Å². The third-order valence-electron chi connectivity index (χ3n) is 12.3. The highest BCUT2D eigenvalue weighted by Gasteiger charge is 2.18. The molecule has 2 unspecified atom stereocenters. The van der Waals surface area contributed by atoms with Crippen molar-refractivity contribution in [3.63, 3.8) is 0 Å². The molecular weight excluding hydrogens is 779 g/mol. The smallest absolute Gasteiger partial charge is 0.305 e. The molecule has 63 heavy (non-hydrogen) atoms. The third kappa shape index (κ3) is 49.1. The van der Waals surface area contributed by atoms with Crippen molar-refractivity contribution in [2.45, 2.75) is 289 Å². The second kappa shape index (κ2) is 52.4. The fourth-order valence-corrected chi connectivity index (χ4v) is 8.08. The lowest BCUT2D eigenvalue weighted by molar-refractivity contribution is -0.143. The van der Waals surface area contributed by atoms with Crippen LogP contribution in [0, 0.1) is 0 Å². The van der Waals surface area contributed by atoms with Gasteiger partial charge in [0.15, 0.2) is 0 Å². The van der Waals surface area contributed by atoms with E-state index < -0.39 is 12.1 Å². The van der Waals surface area contributed by atoms with Crippen molar-refractivity contribution in [1.82, 2.24) is 5.32 Å². The van der Waals surface area contributed by atoms with Gasteiger partial charge < -0.3 is 20.3 Å². The van der Waals surface area contributed by atoms with Crippen molar-refractivity contribution in [3.05, 3.63) is 48.6 Å². The van der Waals surface area contributed by atoms with E-state index in [4.69, 9.17) is 4.74 Å². The normalized spacial score (nSPS) is 13.0. The molecule has 0 bridgehead atoms. The largest absolute Gasteiger partial charge is 0.466 e.